The molecule has 0 aromatic carbocycles. The summed E-state index contributed by atoms with van der Waals surface area (Å²) in [6, 6.07) is 2.26. The van der Waals surface area contributed by atoms with Crippen LogP contribution >= 0.6 is 0 Å². The highest BCUT2D eigenvalue weighted by atomic mass is 32.2. The summed E-state index contributed by atoms with van der Waals surface area (Å²) in [5, 5.41) is 6.78. The fourth-order valence-electron chi connectivity index (χ4n) is 1.44. The van der Waals surface area contributed by atoms with Gasteiger partial charge in [0.15, 0.2) is 5.76 Å². The molecule has 2 N–H and O–H groups in total. The second kappa shape index (κ2) is 5.61. The summed E-state index contributed by atoms with van der Waals surface area (Å²) in [7, 11) is -3.21. The van der Waals surface area contributed by atoms with Crippen LogP contribution < -0.4 is 10.0 Å². The van der Waals surface area contributed by atoms with E-state index in [2.05, 4.69) is 15.2 Å². The van der Waals surface area contributed by atoms with E-state index < -0.39 is 10.0 Å². The lowest BCUT2D eigenvalue weighted by Gasteiger charge is -2.05. The molecule has 96 valence electrons. The van der Waals surface area contributed by atoms with Crippen LogP contribution in [0.2, 0.25) is 0 Å². The van der Waals surface area contributed by atoms with Gasteiger partial charge in [0.05, 0.1) is 18.5 Å². The third kappa shape index (κ3) is 4.84. The largest absolute Gasteiger partial charge is 0.360 e. The van der Waals surface area contributed by atoms with Gasteiger partial charge < -0.3 is 9.84 Å². The Balaban J connectivity index is 1.63. The van der Waals surface area contributed by atoms with Crippen LogP contribution in [0.5, 0.6) is 0 Å². The van der Waals surface area contributed by atoms with Gasteiger partial charge in [0.25, 0.3) is 0 Å². The molecule has 2 rings (SSSR count). The Morgan fingerprint density at radius 1 is 1.47 bits per heavy atom. The Kier molecular flexibility index (Phi) is 4.14. The highest BCUT2D eigenvalue weighted by Crippen LogP contribution is 2.18. The van der Waals surface area contributed by atoms with Crippen molar-refractivity contribution in [2.24, 2.45) is 0 Å². The molecule has 1 aromatic rings. The van der Waals surface area contributed by atoms with Crippen LogP contribution in [0.3, 0.4) is 0 Å². The molecule has 1 fully saturated rings. The summed E-state index contributed by atoms with van der Waals surface area (Å²) in [5.74, 6) is 0.658. The third-order valence-corrected chi connectivity index (χ3v) is 3.97. The number of nitrogens with zero attached hydrogens (tertiary/aromatic N) is 1. The van der Waals surface area contributed by atoms with Gasteiger partial charge in [-0.15, -0.1) is 0 Å². The van der Waals surface area contributed by atoms with Crippen LogP contribution in [0.15, 0.2) is 16.8 Å². The van der Waals surface area contributed by atoms with E-state index in [1.54, 1.807) is 6.07 Å². The van der Waals surface area contributed by atoms with Crippen LogP contribution in [0.1, 0.15) is 25.0 Å². The van der Waals surface area contributed by atoms with Crippen LogP contribution in [0.25, 0.3) is 0 Å². The van der Waals surface area contributed by atoms with Crippen molar-refractivity contribution < 1.29 is 12.9 Å². The van der Waals surface area contributed by atoms with Crippen LogP contribution in [-0.4, -0.2) is 31.9 Å². The number of aromatic nitrogens is 1. The van der Waals surface area contributed by atoms with Gasteiger partial charge in [0.2, 0.25) is 10.0 Å². The van der Waals surface area contributed by atoms with Gasteiger partial charge in [-0.3, -0.25) is 0 Å². The molecule has 0 unspecified atom stereocenters. The van der Waals surface area contributed by atoms with Crippen molar-refractivity contribution >= 4 is 10.0 Å². The van der Waals surface area contributed by atoms with Gasteiger partial charge in [-0.25, -0.2) is 13.1 Å². The number of hydrogen-bond acceptors (Lipinski definition) is 5. The first-order chi connectivity index (χ1) is 8.16. The van der Waals surface area contributed by atoms with E-state index >= 15 is 0 Å². The van der Waals surface area contributed by atoms with E-state index in [9.17, 15) is 8.42 Å². The zero-order valence-corrected chi connectivity index (χ0v) is 10.4. The first-order valence-electron chi connectivity index (χ1n) is 5.76. The summed E-state index contributed by atoms with van der Waals surface area (Å²) < 4.78 is 30.5. The van der Waals surface area contributed by atoms with Gasteiger partial charge in [-0.2, -0.15) is 0 Å². The molecule has 0 atom stereocenters. The molecule has 1 aromatic heterocycles. The summed E-state index contributed by atoms with van der Waals surface area (Å²) in [5.41, 5.74) is 0. The lowest BCUT2D eigenvalue weighted by atomic mass is 10.5. The van der Waals surface area contributed by atoms with Crippen molar-refractivity contribution in [2.45, 2.75) is 31.8 Å². The lowest BCUT2D eigenvalue weighted by Crippen LogP contribution is -2.28. The average Bonchev–Trinajstić information content (AvgIpc) is 2.96. The topological polar surface area (TPSA) is 84.2 Å². The molecule has 0 amide bonds. The maximum absolute atomic E-state index is 11.6. The maximum atomic E-state index is 11.6. The fraction of sp³-hybridized carbons (Fsp3) is 0.700. The molecule has 1 aliphatic rings. The minimum Gasteiger partial charge on any atom is -0.360 e. The monoisotopic (exact) mass is 259 g/mol. The lowest BCUT2D eigenvalue weighted by molar-refractivity contribution is 0.380. The summed E-state index contributed by atoms with van der Waals surface area (Å²) in [6.45, 7) is 0.923. The second-order valence-corrected chi connectivity index (χ2v) is 6.13. The molecule has 6 nitrogen and oxygen atoms in total. The van der Waals surface area contributed by atoms with E-state index in [1.165, 1.54) is 19.0 Å². The van der Waals surface area contributed by atoms with Gasteiger partial charge in [-0.1, -0.05) is 5.16 Å². The predicted octanol–water partition coefficient (Wildman–Crippen LogP) is 0.236. The van der Waals surface area contributed by atoms with E-state index in [1.807, 2.05) is 0 Å². The van der Waals surface area contributed by atoms with Crippen molar-refractivity contribution in [3.05, 3.63) is 18.0 Å². The molecule has 7 heteroatoms. The SMILES string of the molecule is O=S(=O)(CCCNC1CC1)NCc1ccno1. The van der Waals surface area contributed by atoms with Crippen molar-refractivity contribution in [1.29, 1.82) is 0 Å². The predicted molar refractivity (Wildman–Crippen MR) is 62.8 cm³/mol. The molecule has 0 saturated heterocycles. The van der Waals surface area contributed by atoms with E-state index in [0.29, 0.717) is 18.2 Å². The highest BCUT2D eigenvalue weighted by molar-refractivity contribution is 7.89. The van der Waals surface area contributed by atoms with E-state index in [4.69, 9.17) is 4.52 Å². The number of rotatable bonds is 8. The van der Waals surface area contributed by atoms with Crippen molar-refractivity contribution in [3.8, 4) is 0 Å². The van der Waals surface area contributed by atoms with Crippen molar-refractivity contribution in [3.63, 3.8) is 0 Å². The Morgan fingerprint density at radius 3 is 2.94 bits per heavy atom. The smallest absolute Gasteiger partial charge is 0.212 e. The average molecular weight is 259 g/mol. The minimum absolute atomic E-state index is 0.140. The third-order valence-electron chi connectivity index (χ3n) is 2.56. The molecular weight excluding hydrogens is 242 g/mol. The zero-order valence-electron chi connectivity index (χ0n) is 9.55. The van der Waals surface area contributed by atoms with Gasteiger partial charge in [0, 0.05) is 12.1 Å². The molecule has 0 spiro atoms. The van der Waals surface area contributed by atoms with Gasteiger partial charge >= 0.3 is 0 Å². The Hall–Kier alpha value is -0.920. The van der Waals surface area contributed by atoms with Crippen LogP contribution in [-0.2, 0) is 16.6 Å². The maximum Gasteiger partial charge on any atom is 0.212 e. The summed E-state index contributed by atoms with van der Waals surface area (Å²) in [6.07, 6.45) is 4.55. The number of nitrogens with one attached hydrogen (secondary N) is 2. The molecule has 1 saturated carbocycles. The Morgan fingerprint density at radius 2 is 2.29 bits per heavy atom. The Bertz CT molecular complexity index is 426. The van der Waals surface area contributed by atoms with E-state index in [0.717, 1.165) is 6.54 Å². The molecule has 0 aliphatic heterocycles. The second-order valence-electron chi connectivity index (χ2n) is 4.20. The van der Waals surface area contributed by atoms with Gasteiger partial charge in [0.1, 0.15) is 0 Å². The molecular formula is C10H17N3O3S. The summed E-state index contributed by atoms with van der Waals surface area (Å²) >= 11 is 0. The fourth-order valence-corrected chi connectivity index (χ4v) is 2.47. The zero-order chi connectivity index (χ0) is 12.1. The van der Waals surface area contributed by atoms with Crippen LogP contribution in [0.4, 0.5) is 0 Å². The standard InChI is InChI=1S/C10H17N3O3S/c14-17(15,7-1-5-11-9-2-3-9)13-8-10-4-6-12-16-10/h4,6,9,11,13H,1-3,5,7-8H2. The van der Waals surface area contributed by atoms with Crippen molar-refractivity contribution in [1.82, 2.24) is 15.2 Å². The molecule has 0 radical (unpaired) electrons. The number of hydrogen-bond donors (Lipinski definition) is 2. The van der Waals surface area contributed by atoms with Crippen LogP contribution in [0, 0.1) is 0 Å². The Labute approximate surface area is 101 Å². The minimum atomic E-state index is -3.21. The quantitative estimate of drug-likeness (QED) is 0.653. The molecule has 0 bridgehead atoms. The first kappa shape index (κ1) is 12.5. The van der Waals surface area contributed by atoms with E-state index in [-0.39, 0.29) is 12.3 Å². The molecule has 17 heavy (non-hydrogen) atoms. The number of sulfonamides is 1. The first-order valence-corrected chi connectivity index (χ1v) is 7.41. The highest BCUT2D eigenvalue weighted by Gasteiger charge is 2.20. The summed E-state index contributed by atoms with van der Waals surface area (Å²) in [4.78, 5) is 0. The van der Waals surface area contributed by atoms with Gasteiger partial charge in [-0.05, 0) is 25.8 Å². The molecule has 1 aliphatic carbocycles. The molecule has 1 heterocycles. The van der Waals surface area contributed by atoms with Crippen molar-refractivity contribution in [2.75, 3.05) is 12.3 Å². The normalized spacial score (nSPS) is 16.2.